The van der Waals surface area contributed by atoms with Gasteiger partial charge in [0.05, 0.1) is 5.52 Å². The molecule has 0 saturated carbocycles. The van der Waals surface area contributed by atoms with E-state index in [2.05, 4.69) is 0 Å². The lowest BCUT2D eigenvalue weighted by Crippen LogP contribution is -2.19. The van der Waals surface area contributed by atoms with Crippen molar-refractivity contribution in [2.24, 2.45) is 0 Å². The molecule has 0 atom stereocenters. The number of rotatable bonds is 3. The number of benzene rings is 2. The second-order valence-corrected chi connectivity index (χ2v) is 5.04. The largest absolute Gasteiger partial charge is 0.520 e. The van der Waals surface area contributed by atoms with Crippen LogP contribution in [0.1, 0.15) is 12.5 Å². The van der Waals surface area contributed by atoms with E-state index in [0.717, 1.165) is 9.95 Å². The summed E-state index contributed by atoms with van der Waals surface area (Å²) in [5, 5.41) is 10.2. The standard InChI is InChI=1S/C18H15NO5/c1-2-13-14-10-6-7-11-15(14)19(17(20)21)16(13)24-18(22)23-12-8-4-3-5-9-12/h3-11H,2H2,1H3,(H,20,21). The van der Waals surface area contributed by atoms with Crippen LogP contribution in [0.4, 0.5) is 9.59 Å². The van der Waals surface area contributed by atoms with Crippen molar-refractivity contribution in [3.63, 3.8) is 0 Å². The summed E-state index contributed by atoms with van der Waals surface area (Å²) in [4.78, 5) is 23.7. The number of nitrogens with zero attached hydrogens (tertiary/aromatic N) is 1. The van der Waals surface area contributed by atoms with E-state index in [9.17, 15) is 14.7 Å². The van der Waals surface area contributed by atoms with Crippen LogP contribution in [0.5, 0.6) is 11.6 Å². The van der Waals surface area contributed by atoms with E-state index in [0.29, 0.717) is 23.3 Å². The Morgan fingerprint density at radius 2 is 1.67 bits per heavy atom. The maximum Gasteiger partial charge on any atom is 0.520 e. The molecule has 1 heterocycles. The average Bonchev–Trinajstić information content (AvgIpc) is 2.88. The van der Waals surface area contributed by atoms with Crippen molar-refractivity contribution in [3.8, 4) is 11.6 Å². The second kappa shape index (κ2) is 6.45. The topological polar surface area (TPSA) is 77.8 Å². The number of hydrogen-bond acceptors (Lipinski definition) is 4. The monoisotopic (exact) mass is 325 g/mol. The Balaban J connectivity index is 2.00. The molecule has 0 amide bonds. The highest BCUT2D eigenvalue weighted by molar-refractivity contribution is 5.95. The van der Waals surface area contributed by atoms with Crippen LogP contribution < -0.4 is 9.47 Å². The Labute approximate surface area is 137 Å². The van der Waals surface area contributed by atoms with Crippen molar-refractivity contribution in [1.29, 1.82) is 0 Å². The minimum absolute atomic E-state index is 0.0351. The smallest absolute Gasteiger partial charge is 0.464 e. The average molecular weight is 325 g/mol. The number of para-hydroxylation sites is 2. The van der Waals surface area contributed by atoms with Gasteiger partial charge in [0.15, 0.2) is 0 Å². The van der Waals surface area contributed by atoms with Gasteiger partial charge >= 0.3 is 12.2 Å². The number of carbonyl (C=O) groups excluding carboxylic acids is 1. The zero-order chi connectivity index (χ0) is 17.1. The molecule has 1 aromatic heterocycles. The molecule has 0 bridgehead atoms. The van der Waals surface area contributed by atoms with Crippen LogP contribution in [0.25, 0.3) is 10.9 Å². The van der Waals surface area contributed by atoms with E-state index in [-0.39, 0.29) is 5.88 Å². The number of aromatic nitrogens is 1. The van der Waals surface area contributed by atoms with E-state index >= 15 is 0 Å². The Morgan fingerprint density at radius 1 is 1.00 bits per heavy atom. The second-order valence-electron chi connectivity index (χ2n) is 5.04. The Bertz CT molecular complexity index is 898. The first kappa shape index (κ1) is 15.6. The molecule has 0 aliphatic heterocycles. The van der Waals surface area contributed by atoms with Crippen molar-refractivity contribution < 1.29 is 24.2 Å². The third-order valence-electron chi connectivity index (χ3n) is 3.60. The molecule has 6 nitrogen and oxygen atoms in total. The molecule has 0 aliphatic carbocycles. The van der Waals surface area contributed by atoms with Gasteiger partial charge in [-0.3, -0.25) is 0 Å². The van der Waals surface area contributed by atoms with Gasteiger partial charge in [0.25, 0.3) is 0 Å². The highest BCUT2D eigenvalue weighted by atomic mass is 16.7. The van der Waals surface area contributed by atoms with E-state index in [1.807, 2.05) is 6.92 Å². The van der Waals surface area contributed by atoms with Crippen LogP contribution in [0.2, 0.25) is 0 Å². The summed E-state index contributed by atoms with van der Waals surface area (Å²) >= 11 is 0. The Morgan fingerprint density at radius 3 is 2.33 bits per heavy atom. The number of fused-ring (bicyclic) bond motifs is 1. The van der Waals surface area contributed by atoms with E-state index in [1.165, 1.54) is 0 Å². The Kier molecular flexibility index (Phi) is 4.20. The van der Waals surface area contributed by atoms with Gasteiger partial charge in [-0.05, 0) is 24.6 Å². The predicted octanol–water partition coefficient (Wildman–Crippen LogP) is 4.31. The maximum atomic E-state index is 12.1. The maximum absolute atomic E-state index is 12.1. The normalized spacial score (nSPS) is 10.5. The zero-order valence-corrected chi connectivity index (χ0v) is 12.9. The summed E-state index contributed by atoms with van der Waals surface area (Å²) < 4.78 is 11.3. The lowest BCUT2D eigenvalue weighted by molar-refractivity contribution is 0.147. The molecule has 0 aliphatic rings. The summed E-state index contributed by atoms with van der Waals surface area (Å²) in [6.07, 6.45) is -1.70. The molecule has 122 valence electrons. The fourth-order valence-electron chi connectivity index (χ4n) is 2.61. The van der Waals surface area contributed by atoms with Crippen LogP contribution in [-0.2, 0) is 6.42 Å². The molecule has 0 saturated heterocycles. The summed E-state index contributed by atoms with van der Waals surface area (Å²) in [7, 11) is 0. The van der Waals surface area contributed by atoms with Gasteiger partial charge in [0.1, 0.15) is 5.75 Å². The summed E-state index contributed by atoms with van der Waals surface area (Å²) in [6, 6.07) is 15.4. The highest BCUT2D eigenvalue weighted by Gasteiger charge is 2.24. The van der Waals surface area contributed by atoms with Crippen LogP contribution >= 0.6 is 0 Å². The third-order valence-corrected chi connectivity index (χ3v) is 3.60. The molecule has 0 unspecified atom stereocenters. The highest BCUT2D eigenvalue weighted by Crippen LogP contribution is 2.32. The molecule has 1 N–H and O–H groups in total. The van der Waals surface area contributed by atoms with Gasteiger partial charge in [-0.1, -0.05) is 43.3 Å². The first-order chi connectivity index (χ1) is 11.6. The van der Waals surface area contributed by atoms with Gasteiger partial charge in [-0.25, -0.2) is 14.2 Å². The lowest BCUT2D eigenvalue weighted by Gasteiger charge is -2.08. The van der Waals surface area contributed by atoms with Crippen LogP contribution in [0.15, 0.2) is 54.6 Å². The van der Waals surface area contributed by atoms with Crippen LogP contribution in [-0.4, -0.2) is 21.9 Å². The third kappa shape index (κ3) is 2.81. The number of carbonyl (C=O) groups is 2. The first-order valence-corrected chi connectivity index (χ1v) is 7.42. The molecule has 3 aromatic rings. The summed E-state index contributed by atoms with van der Waals surface area (Å²) in [5.74, 6) is 0.283. The number of ether oxygens (including phenoxy) is 2. The fraction of sp³-hybridized carbons (Fsp3) is 0.111. The molecule has 0 spiro atoms. The minimum atomic E-state index is -1.23. The molecular formula is C18H15NO5. The summed E-state index contributed by atoms with van der Waals surface area (Å²) in [5.41, 5.74) is 1.10. The molecule has 24 heavy (non-hydrogen) atoms. The van der Waals surface area contributed by atoms with Gasteiger partial charge in [-0.2, -0.15) is 0 Å². The van der Waals surface area contributed by atoms with E-state index < -0.39 is 12.2 Å². The first-order valence-electron chi connectivity index (χ1n) is 7.42. The number of carboxylic acid groups (broad SMARTS) is 1. The summed E-state index contributed by atoms with van der Waals surface area (Å²) in [6.45, 7) is 1.86. The minimum Gasteiger partial charge on any atom is -0.464 e. The van der Waals surface area contributed by atoms with Crippen molar-refractivity contribution in [2.75, 3.05) is 0 Å². The fourth-order valence-corrected chi connectivity index (χ4v) is 2.61. The SMILES string of the molecule is CCc1c(OC(=O)Oc2ccccc2)n(C(=O)O)c2ccccc12. The van der Waals surface area contributed by atoms with Gasteiger partial charge < -0.3 is 14.6 Å². The van der Waals surface area contributed by atoms with Crippen molar-refractivity contribution in [1.82, 2.24) is 4.57 Å². The van der Waals surface area contributed by atoms with Crippen LogP contribution in [0, 0.1) is 0 Å². The van der Waals surface area contributed by atoms with E-state index in [1.54, 1.807) is 54.6 Å². The quantitative estimate of drug-likeness (QED) is 0.573. The van der Waals surface area contributed by atoms with Crippen molar-refractivity contribution in [3.05, 3.63) is 60.2 Å². The van der Waals surface area contributed by atoms with Crippen molar-refractivity contribution in [2.45, 2.75) is 13.3 Å². The molecular weight excluding hydrogens is 310 g/mol. The lowest BCUT2D eigenvalue weighted by atomic mass is 10.1. The number of hydrogen-bond donors (Lipinski definition) is 1. The molecule has 0 radical (unpaired) electrons. The zero-order valence-electron chi connectivity index (χ0n) is 12.9. The van der Waals surface area contributed by atoms with Crippen molar-refractivity contribution >= 4 is 23.2 Å². The van der Waals surface area contributed by atoms with Crippen LogP contribution in [0.3, 0.4) is 0 Å². The van der Waals surface area contributed by atoms with Gasteiger partial charge in [0, 0.05) is 10.9 Å². The molecule has 2 aromatic carbocycles. The number of aryl methyl sites for hydroxylation is 1. The molecule has 3 rings (SSSR count). The van der Waals surface area contributed by atoms with E-state index in [4.69, 9.17) is 9.47 Å². The predicted molar refractivity (Wildman–Crippen MR) is 87.8 cm³/mol. The van der Waals surface area contributed by atoms with Gasteiger partial charge in [0.2, 0.25) is 5.88 Å². The van der Waals surface area contributed by atoms with Gasteiger partial charge in [-0.15, -0.1) is 0 Å². The Hall–Kier alpha value is -3.28. The molecule has 6 heteroatoms. The molecule has 0 fully saturated rings.